The second kappa shape index (κ2) is 6.61. The number of carbonyl (C=O) groups is 1. The number of rotatable bonds is 4. The van der Waals surface area contributed by atoms with Crippen LogP contribution < -0.4 is 9.75 Å². The van der Waals surface area contributed by atoms with Crippen molar-refractivity contribution in [2.24, 2.45) is 5.92 Å². The van der Waals surface area contributed by atoms with Crippen LogP contribution in [0, 0.1) is 5.92 Å². The van der Waals surface area contributed by atoms with E-state index in [9.17, 15) is 4.79 Å². The molecule has 1 aromatic heterocycles. The van der Waals surface area contributed by atoms with E-state index in [1.807, 2.05) is 16.8 Å². The van der Waals surface area contributed by atoms with E-state index >= 15 is 0 Å². The van der Waals surface area contributed by atoms with Crippen LogP contribution in [0.1, 0.15) is 45.0 Å². The molecule has 0 unspecified atom stereocenters. The highest BCUT2D eigenvalue weighted by molar-refractivity contribution is 7.99. The highest BCUT2D eigenvalue weighted by Crippen LogP contribution is 2.33. The van der Waals surface area contributed by atoms with Crippen molar-refractivity contribution in [3.8, 4) is 5.75 Å². The molecule has 1 aliphatic heterocycles. The molecule has 0 N–H and O–H groups in total. The van der Waals surface area contributed by atoms with Gasteiger partial charge in [0.2, 0.25) is 11.1 Å². The molecule has 4 rings (SSSR count). The van der Waals surface area contributed by atoms with Crippen molar-refractivity contribution in [3.05, 3.63) is 35.7 Å². The van der Waals surface area contributed by atoms with Crippen LogP contribution in [0.25, 0.3) is 0 Å². The number of hydrogen-bond acceptors (Lipinski definition) is 5. The smallest absolute Gasteiger partial charge is 0.244 e. The van der Waals surface area contributed by atoms with E-state index in [1.54, 1.807) is 16.8 Å². The Kier molecular flexibility index (Phi) is 4.42. The molecule has 138 valence electrons. The van der Waals surface area contributed by atoms with Crippen molar-refractivity contribution in [1.29, 1.82) is 0 Å². The Balaban J connectivity index is 1.49. The minimum absolute atomic E-state index is 0.117. The Labute approximate surface area is 157 Å². The van der Waals surface area contributed by atoms with Gasteiger partial charge >= 0.3 is 0 Å². The first-order chi connectivity index (χ1) is 12.4. The van der Waals surface area contributed by atoms with Crippen LogP contribution in [-0.2, 0) is 16.8 Å². The molecule has 0 saturated heterocycles. The third kappa shape index (κ3) is 3.45. The molecule has 0 bridgehead atoms. The number of nitrogens with zero attached hydrogens (tertiary/aromatic N) is 4. The van der Waals surface area contributed by atoms with Gasteiger partial charge in [0.05, 0.1) is 6.54 Å². The minimum Gasteiger partial charge on any atom is -0.486 e. The molecule has 26 heavy (non-hydrogen) atoms. The maximum Gasteiger partial charge on any atom is 0.244 e. The molecule has 0 spiro atoms. The van der Waals surface area contributed by atoms with E-state index in [0.717, 1.165) is 29.5 Å². The summed E-state index contributed by atoms with van der Waals surface area (Å²) in [7, 11) is 0. The second-order valence-corrected chi connectivity index (χ2v) is 8.92. The van der Waals surface area contributed by atoms with Crippen LogP contribution in [-0.4, -0.2) is 33.1 Å². The number of amides is 1. The number of fused-ring (bicyclic) bond motifs is 1. The summed E-state index contributed by atoms with van der Waals surface area (Å²) in [6.45, 7) is 7.55. The number of thioether (sulfide) groups is 1. The fraction of sp³-hybridized carbons (Fsp3) is 0.526. The summed E-state index contributed by atoms with van der Waals surface area (Å²) in [5.41, 5.74) is 1.38. The molecule has 2 aliphatic rings. The number of benzene rings is 1. The summed E-state index contributed by atoms with van der Waals surface area (Å²) in [5.74, 6) is 2.67. The van der Waals surface area contributed by atoms with E-state index < -0.39 is 0 Å². The van der Waals surface area contributed by atoms with Crippen LogP contribution in [0.15, 0.2) is 29.4 Å². The van der Waals surface area contributed by atoms with Gasteiger partial charge in [0, 0.05) is 11.7 Å². The van der Waals surface area contributed by atoms with Gasteiger partial charge in [-0.1, -0.05) is 44.7 Å². The van der Waals surface area contributed by atoms with Gasteiger partial charge in [-0.25, -0.2) is 9.69 Å². The van der Waals surface area contributed by atoms with E-state index in [1.165, 1.54) is 5.56 Å². The first kappa shape index (κ1) is 17.4. The monoisotopic (exact) mass is 372 g/mol. The Morgan fingerprint density at radius 3 is 2.62 bits per heavy atom. The zero-order valence-corrected chi connectivity index (χ0v) is 16.3. The van der Waals surface area contributed by atoms with E-state index in [2.05, 4.69) is 43.1 Å². The molecule has 1 amide bonds. The number of ether oxygens (including phenoxy) is 1. The summed E-state index contributed by atoms with van der Waals surface area (Å²) in [6.07, 6.45) is 1.98. The van der Waals surface area contributed by atoms with Gasteiger partial charge < -0.3 is 4.74 Å². The van der Waals surface area contributed by atoms with Gasteiger partial charge in [0.15, 0.2) is 5.82 Å². The molecule has 2 aromatic rings. The Bertz CT molecular complexity index is 806. The van der Waals surface area contributed by atoms with Crippen molar-refractivity contribution < 1.29 is 9.53 Å². The summed E-state index contributed by atoms with van der Waals surface area (Å²) in [6, 6.07) is 8.15. The average Bonchev–Trinajstić information content (AvgIpc) is 3.39. The van der Waals surface area contributed by atoms with Crippen LogP contribution in [0.5, 0.6) is 5.75 Å². The lowest BCUT2D eigenvalue weighted by molar-refractivity contribution is -0.121. The Morgan fingerprint density at radius 1 is 1.23 bits per heavy atom. The highest BCUT2D eigenvalue weighted by Gasteiger charge is 2.37. The van der Waals surface area contributed by atoms with Gasteiger partial charge in [-0.15, -0.1) is 10.2 Å². The topological polar surface area (TPSA) is 60.3 Å². The summed E-state index contributed by atoms with van der Waals surface area (Å²) in [5, 5.41) is 11.1. The fourth-order valence-corrected chi connectivity index (χ4v) is 3.86. The lowest BCUT2D eigenvalue weighted by Crippen LogP contribution is -2.46. The van der Waals surface area contributed by atoms with Gasteiger partial charge in [-0.2, -0.15) is 0 Å². The van der Waals surface area contributed by atoms with Gasteiger partial charge in [0.1, 0.15) is 12.4 Å². The SMILES string of the molecule is CC(C)(C)c1ccc(OCc2nnc3n2N(C(=O)C2CC2)CCS3)cc1. The maximum atomic E-state index is 12.6. The number of aromatic nitrogens is 3. The van der Waals surface area contributed by atoms with Crippen molar-refractivity contribution in [3.63, 3.8) is 0 Å². The molecule has 0 radical (unpaired) electrons. The molecule has 0 atom stereocenters. The van der Waals surface area contributed by atoms with E-state index in [-0.39, 0.29) is 23.8 Å². The molecule has 6 nitrogen and oxygen atoms in total. The average molecular weight is 372 g/mol. The molecule has 1 aliphatic carbocycles. The van der Waals surface area contributed by atoms with Gasteiger partial charge in [0.25, 0.3) is 0 Å². The van der Waals surface area contributed by atoms with Gasteiger partial charge in [-0.05, 0) is 36.0 Å². The molecular weight excluding hydrogens is 348 g/mol. The van der Waals surface area contributed by atoms with Crippen LogP contribution in [0.3, 0.4) is 0 Å². The fourth-order valence-electron chi connectivity index (χ4n) is 2.99. The first-order valence-electron chi connectivity index (χ1n) is 9.05. The van der Waals surface area contributed by atoms with Crippen molar-refractivity contribution in [2.75, 3.05) is 17.3 Å². The number of hydrogen-bond donors (Lipinski definition) is 0. The number of carbonyl (C=O) groups excluding carboxylic acids is 1. The van der Waals surface area contributed by atoms with Gasteiger partial charge in [-0.3, -0.25) is 4.79 Å². The molecule has 1 aromatic carbocycles. The van der Waals surface area contributed by atoms with Crippen molar-refractivity contribution >= 4 is 17.7 Å². The largest absolute Gasteiger partial charge is 0.486 e. The molecular formula is C19H24N4O2S. The third-order valence-corrected chi connectivity index (χ3v) is 5.62. The first-order valence-corrected chi connectivity index (χ1v) is 10.0. The molecule has 2 heterocycles. The Hall–Kier alpha value is -2.02. The van der Waals surface area contributed by atoms with Crippen LogP contribution in [0.2, 0.25) is 0 Å². The lowest BCUT2D eigenvalue weighted by atomic mass is 9.87. The quantitative estimate of drug-likeness (QED) is 0.825. The molecule has 1 saturated carbocycles. The molecule has 1 fully saturated rings. The zero-order chi connectivity index (χ0) is 18.3. The van der Waals surface area contributed by atoms with Crippen molar-refractivity contribution in [1.82, 2.24) is 14.9 Å². The normalized spacial score (nSPS) is 17.1. The van der Waals surface area contributed by atoms with Crippen LogP contribution in [0.4, 0.5) is 0 Å². The predicted octanol–water partition coefficient (Wildman–Crippen LogP) is 3.13. The van der Waals surface area contributed by atoms with Crippen molar-refractivity contribution in [2.45, 2.75) is 50.8 Å². The van der Waals surface area contributed by atoms with Crippen LogP contribution >= 0.6 is 11.8 Å². The third-order valence-electron chi connectivity index (χ3n) is 4.72. The maximum absolute atomic E-state index is 12.6. The van der Waals surface area contributed by atoms with E-state index in [4.69, 9.17) is 4.74 Å². The summed E-state index contributed by atoms with van der Waals surface area (Å²) < 4.78 is 7.76. The van der Waals surface area contributed by atoms with E-state index in [0.29, 0.717) is 12.4 Å². The Morgan fingerprint density at radius 2 is 1.96 bits per heavy atom. The minimum atomic E-state index is 0.117. The zero-order valence-electron chi connectivity index (χ0n) is 15.4. The summed E-state index contributed by atoms with van der Waals surface area (Å²) in [4.78, 5) is 12.6. The second-order valence-electron chi connectivity index (χ2n) is 7.86. The lowest BCUT2D eigenvalue weighted by Gasteiger charge is -2.29. The standard InChI is InChI=1S/C19H24N4O2S/c1-19(2,3)14-6-8-15(9-7-14)25-12-16-20-21-18-23(16)22(10-11-26-18)17(24)13-4-5-13/h6-9,13H,4-5,10-12H2,1-3H3. The predicted molar refractivity (Wildman–Crippen MR) is 101 cm³/mol. The highest BCUT2D eigenvalue weighted by atomic mass is 32.2. The summed E-state index contributed by atoms with van der Waals surface area (Å²) >= 11 is 1.63. The molecule has 7 heteroatoms.